The molecular formula is C17H17ClN2O2. The zero-order chi connectivity index (χ0) is 15.9. The molecule has 0 aliphatic rings. The van der Waals surface area contributed by atoms with Gasteiger partial charge in [0, 0.05) is 17.3 Å². The fourth-order valence-electron chi connectivity index (χ4n) is 1.90. The van der Waals surface area contributed by atoms with Crippen LogP contribution in [0, 0.1) is 6.92 Å². The summed E-state index contributed by atoms with van der Waals surface area (Å²) in [6, 6.07) is 14.9. The van der Waals surface area contributed by atoms with E-state index in [1.807, 2.05) is 37.3 Å². The Kier molecular flexibility index (Phi) is 5.55. The van der Waals surface area contributed by atoms with Gasteiger partial charge in [0.2, 0.25) is 0 Å². The van der Waals surface area contributed by atoms with Gasteiger partial charge in [0.1, 0.15) is 0 Å². The van der Waals surface area contributed by atoms with Crippen LogP contribution in [0.4, 0.5) is 5.69 Å². The molecule has 114 valence electrons. The number of carbonyl (C=O) groups is 2. The summed E-state index contributed by atoms with van der Waals surface area (Å²) in [4.78, 5) is 23.5. The maximum atomic E-state index is 11.8. The summed E-state index contributed by atoms with van der Waals surface area (Å²) in [5.74, 6) is -1.36. The van der Waals surface area contributed by atoms with Crippen LogP contribution in [-0.2, 0) is 16.0 Å². The molecule has 2 aromatic rings. The SMILES string of the molecule is Cc1ccc(NC(=O)C(=O)NCCc2ccccc2)cc1Cl. The van der Waals surface area contributed by atoms with Gasteiger partial charge in [-0.1, -0.05) is 48.0 Å². The number of carbonyl (C=O) groups excluding carboxylic acids is 2. The molecule has 0 atom stereocenters. The van der Waals surface area contributed by atoms with Gasteiger partial charge in [0.15, 0.2) is 0 Å². The highest BCUT2D eigenvalue weighted by molar-refractivity contribution is 6.39. The smallest absolute Gasteiger partial charge is 0.313 e. The molecule has 0 unspecified atom stereocenters. The number of rotatable bonds is 4. The third-order valence-electron chi connectivity index (χ3n) is 3.18. The molecule has 4 nitrogen and oxygen atoms in total. The summed E-state index contributed by atoms with van der Waals surface area (Å²) >= 11 is 5.98. The fraction of sp³-hybridized carbons (Fsp3) is 0.176. The second-order valence-corrected chi connectivity index (χ2v) is 5.32. The highest BCUT2D eigenvalue weighted by atomic mass is 35.5. The summed E-state index contributed by atoms with van der Waals surface area (Å²) < 4.78 is 0. The molecular weight excluding hydrogens is 300 g/mol. The third kappa shape index (κ3) is 4.60. The van der Waals surface area contributed by atoms with Gasteiger partial charge in [-0.2, -0.15) is 0 Å². The molecule has 2 aromatic carbocycles. The van der Waals surface area contributed by atoms with Crippen LogP contribution in [-0.4, -0.2) is 18.4 Å². The number of benzene rings is 2. The average molecular weight is 317 g/mol. The van der Waals surface area contributed by atoms with Crippen molar-refractivity contribution in [1.29, 1.82) is 0 Å². The summed E-state index contributed by atoms with van der Waals surface area (Å²) in [6.45, 7) is 2.27. The van der Waals surface area contributed by atoms with Gasteiger partial charge >= 0.3 is 11.8 Å². The molecule has 0 radical (unpaired) electrons. The van der Waals surface area contributed by atoms with E-state index >= 15 is 0 Å². The Hall–Kier alpha value is -2.33. The van der Waals surface area contributed by atoms with Crippen LogP contribution >= 0.6 is 11.6 Å². The Labute approximate surface area is 134 Å². The largest absolute Gasteiger partial charge is 0.347 e. The summed E-state index contributed by atoms with van der Waals surface area (Å²) in [7, 11) is 0. The lowest BCUT2D eigenvalue weighted by Crippen LogP contribution is -2.36. The van der Waals surface area contributed by atoms with Gasteiger partial charge in [-0.15, -0.1) is 0 Å². The topological polar surface area (TPSA) is 58.2 Å². The van der Waals surface area contributed by atoms with E-state index in [1.165, 1.54) is 0 Å². The number of amides is 2. The molecule has 0 fully saturated rings. The Bertz CT molecular complexity index is 672. The third-order valence-corrected chi connectivity index (χ3v) is 3.59. The summed E-state index contributed by atoms with van der Waals surface area (Å²) in [5, 5.41) is 5.66. The molecule has 2 N–H and O–H groups in total. The van der Waals surface area contributed by atoms with Crippen LogP contribution in [0.5, 0.6) is 0 Å². The van der Waals surface area contributed by atoms with Crippen LogP contribution in [0.2, 0.25) is 5.02 Å². The number of aryl methyl sites for hydroxylation is 1. The summed E-state index contributed by atoms with van der Waals surface area (Å²) in [5.41, 5.74) is 2.51. The standard InChI is InChI=1S/C17H17ClN2O2/c1-12-7-8-14(11-15(12)18)20-17(22)16(21)19-10-9-13-5-3-2-4-6-13/h2-8,11H,9-10H2,1H3,(H,19,21)(H,20,22). The van der Waals surface area contributed by atoms with Gasteiger partial charge in [0.25, 0.3) is 0 Å². The van der Waals surface area contributed by atoms with Crippen molar-refractivity contribution in [2.45, 2.75) is 13.3 Å². The molecule has 22 heavy (non-hydrogen) atoms. The molecule has 5 heteroatoms. The maximum absolute atomic E-state index is 11.8. The van der Waals surface area contributed by atoms with Gasteiger partial charge in [0.05, 0.1) is 0 Å². The van der Waals surface area contributed by atoms with E-state index < -0.39 is 11.8 Å². The van der Waals surface area contributed by atoms with E-state index in [-0.39, 0.29) is 0 Å². The van der Waals surface area contributed by atoms with Gasteiger partial charge in [-0.3, -0.25) is 9.59 Å². The molecule has 2 amide bonds. The minimum atomic E-state index is -0.701. The zero-order valence-corrected chi connectivity index (χ0v) is 13.0. The molecule has 0 spiro atoms. The second kappa shape index (κ2) is 7.61. The number of nitrogens with one attached hydrogen (secondary N) is 2. The van der Waals surface area contributed by atoms with E-state index in [9.17, 15) is 9.59 Å². The van der Waals surface area contributed by atoms with Gasteiger partial charge < -0.3 is 10.6 Å². The number of hydrogen-bond donors (Lipinski definition) is 2. The number of halogens is 1. The lowest BCUT2D eigenvalue weighted by atomic mass is 10.1. The molecule has 2 rings (SSSR count). The first-order valence-electron chi connectivity index (χ1n) is 6.95. The van der Waals surface area contributed by atoms with E-state index in [2.05, 4.69) is 10.6 Å². The van der Waals surface area contributed by atoms with Crippen molar-refractivity contribution in [1.82, 2.24) is 5.32 Å². The second-order valence-electron chi connectivity index (χ2n) is 4.91. The van der Waals surface area contributed by atoms with E-state index in [1.54, 1.807) is 18.2 Å². The van der Waals surface area contributed by atoms with Crippen LogP contribution in [0.3, 0.4) is 0 Å². The van der Waals surface area contributed by atoms with Crippen molar-refractivity contribution in [3.8, 4) is 0 Å². The van der Waals surface area contributed by atoms with Crippen molar-refractivity contribution in [2.75, 3.05) is 11.9 Å². The monoisotopic (exact) mass is 316 g/mol. The first-order valence-corrected chi connectivity index (χ1v) is 7.33. The van der Waals surface area contributed by atoms with Crippen LogP contribution in [0.15, 0.2) is 48.5 Å². The Balaban J connectivity index is 1.82. The highest BCUT2D eigenvalue weighted by Gasteiger charge is 2.13. The molecule has 0 saturated carbocycles. The Morgan fingerprint density at radius 1 is 1.05 bits per heavy atom. The lowest BCUT2D eigenvalue weighted by Gasteiger charge is -2.07. The maximum Gasteiger partial charge on any atom is 0.313 e. The van der Waals surface area contributed by atoms with Crippen LogP contribution < -0.4 is 10.6 Å². The molecule has 0 aliphatic carbocycles. The average Bonchev–Trinajstić information content (AvgIpc) is 2.52. The molecule has 0 bridgehead atoms. The van der Waals surface area contributed by atoms with Gasteiger partial charge in [-0.05, 0) is 36.6 Å². The zero-order valence-electron chi connectivity index (χ0n) is 12.2. The number of hydrogen-bond acceptors (Lipinski definition) is 2. The van der Waals surface area contributed by atoms with Crippen LogP contribution in [0.1, 0.15) is 11.1 Å². The predicted octanol–water partition coefficient (Wildman–Crippen LogP) is 2.95. The minimum absolute atomic E-state index is 0.408. The first kappa shape index (κ1) is 16.0. The van der Waals surface area contributed by atoms with Crippen molar-refractivity contribution in [3.05, 3.63) is 64.7 Å². The van der Waals surface area contributed by atoms with E-state index in [4.69, 9.17) is 11.6 Å². The number of anilines is 1. The first-order chi connectivity index (χ1) is 10.6. The molecule has 0 aliphatic heterocycles. The van der Waals surface area contributed by atoms with E-state index in [0.29, 0.717) is 23.7 Å². The Morgan fingerprint density at radius 3 is 2.45 bits per heavy atom. The van der Waals surface area contributed by atoms with Crippen molar-refractivity contribution in [3.63, 3.8) is 0 Å². The summed E-state index contributed by atoms with van der Waals surface area (Å²) in [6.07, 6.45) is 0.677. The minimum Gasteiger partial charge on any atom is -0.347 e. The molecule has 0 aromatic heterocycles. The fourth-order valence-corrected chi connectivity index (χ4v) is 2.08. The normalized spacial score (nSPS) is 10.1. The quantitative estimate of drug-likeness (QED) is 0.852. The van der Waals surface area contributed by atoms with Crippen LogP contribution in [0.25, 0.3) is 0 Å². The Morgan fingerprint density at radius 2 is 1.77 bits per heavy atom. The van der Waals surface area contributed by atoms with Crippen molar-refractivity contribution in [2.24, 2.45) is 0 Å². The molecule has 0 heterocycles. The predicted molar refractivity (Wildman–Crippen MR) is 88.0 cm³/mol. The van der Waals surface area contributed by atoms with Crippen molar-refractivity contribution < 1.29 is 9.59 Å². The molecule has 0 saturated heterocycles. The van der Waals surface area contributed by atoms with Crippen molar-refractivity contribution >= 4 is 29.1 Å². The highest BCUT2D eigenvalue weighted by Crippen LogP contribution is 2.19. The van der Waals surface area contributed by atoms with E-state index in [0.717, 1.165) is 11.1 Å². The lowest BCUT2D eigenvalue weighted by molar-refractivity contribution is -0.136. The van der Waals surface area contributed by atoms with Gasteiger partial charge in [-0.25, -0.2) is 0 Å².